The van der Waals surface area contributed by atoms with Gasteiger partial charge in [0.1, 0.15) is 0 Å². The standard InChI is InChI=1S/C21H26N2O3S/c1-16(2)17-6-8-18(9-7-17)21(24)22-19-10-12-20(13-11-19)27(25,26)23-14-4-3-5-15-23/h6-13,16H,3-5,14-15H2,1-2H3,(H,22,24). The van der Waals surface area contributed by atoms with Gasteiger partial charge in [-0.2, -0.15) is 4.31 Å². The van der Waals surface area contributed by atoms with E-state index in [1.165, 1.54) is 5.56 Å². The monoisotopic (exact) mass is 386 g/mol. The van der Waals surface area contributed by atoms with E-state index in [2.05, 4.69) is 19.2 Å². The number of nitrogens with one attached hydrogen (secondary N) is 1. The highest BCUT2D eigenvalue weighted by Crippen LogP contribution is 2.22. The van der Waals surface area contributed by atoms with Gasteiger partial charge in [0.2, 0.25) is 10.0 Å². The fraction of sp³-hybridized carbons (Fsp3) is 0.381. The van der Waals surface area contributed by atoms with Gasteiger partial charge in [0.05, 0.1) is 4.90 Å². The Morgan fingerprint density at radius 1 is 0.926 bits per heavy atom. The van der Waals surface area contributed by atoms with Crippen molar-refractivity contribution in [3.8, 4) is 0 Å². The fourth-order valence-corrected chi connectivity index (χ4v) is 4.70. The van der Waals surface area contributed by atoms with Gasteiger partial charge in [-0.3, -0.25) is 4.79 Å². The van der Waals surface area contributed by atoms with Crippen molar-refractivity contribution in [2.24, 2.45) is 0 Å². The van der Waals surface area contributed by atoms with E-state index in [1.54, 1.807) is 40.7 Å². The Morgan fingerprint density at radius 2 is 1.52 bits per heavy atom. The quantitative estimate of drug-likeness (QED) is 0.836. The van der Waals surface area contributed by atoms with Crippen molar-refractivity contribution in [2.45, 2.75) is 43.9 Å². The highest BCUT2D eigenvalue weighted by Gasteiger charge is 2.25. The smallest absolute Gasteiger partial charge is 0.255 e. The first-order chi connectivity index (χ1) is 12.9. The second kappa shape index (κ2) is 8.23. The molecule has 0 saturated carbocycles. The van der Waals surface area contributed by atoms with Crippen molar-refractivity contribution < 1.29 is 13.2 Å². The minimum absolute atomic E-state index is 0.211. The Hall–Kier alpha value is -2.18. The SMILES string of the molecule is CC(C)c1ccc(C(=O)Nc2ccc(S(=O)(=O)N3CCCCC3)cc2)cc1. The summed E-state index contributed by atoms with van der Waals surface area (Å²) in [6.45, 7) is 5.36. The third-order valence-corrected chi connectivity index (χ3v) is 6.82. The normalized spacial score (nSPS) is 15.7. The lowest BCUT2D eigenvalue weighted by molar-refractivity contribution is 0.102. The molecule has 1 fully saturated rings. The van der Waals surface area contributed by atoms with Gasteiger partial charge < -0.3 is 5.32 Å². The molecule has 1 aliphatic rings. The van der Waals surface area contributed by atoms with E-state index in [9.17, 15) is 13.2 Å². The predicted octanol–water partition coefficient (Wildman–Crippen LogP) is 4.24. The zero-order valence-corrected chi connectivity index (χ0v) is 16.6. The van der Waals surface area contributed by atoms with Gasteiger partial charge in [-0.1, -0.05) is 32.4 Å². The number of hydrogen-bond donors (Lipinski definition) is 1. The van der Waals surface area contributed by atoms with Gasteiger partial charge in [0.25, 0.3) is 5.91 Å². The van der Waals surface area contributed by atoms with Crippen molar-refractivity contribution in [3.63, 3.8) is 0 Å². The van der Waals surface area contributed by atoms with Crippen LogP contribution in [0.4, 0.5) is 5.69 Å². The maximum Gasteiger partial charge on any atom is 0.255 e. The van der Waals surface area contributed by atoms with Crippen LogP contribution in [0.15, 0.2) is 53.4 Å². The zero-order chi connectivity index (χ0) is 19.4. The molecule has 0 aromatic heterocycles. The molecule has 1 aliphatic heterocycles. The van der Waals surface area contributed by atoms with Gasteiger partial charge in [-0.25, -0.2) is 8.42 Å². The van der Waals surface area contributed by atoms with E-state index < -0.39 is 10.0 Å². The first-order valence-corrected chi connectivity index (χ1v) is 10.8. The molecular formula is C21H26N2O3S. The molecule has 0 unspecified atom stereocenters. The van der Waals surface area contributed by atoms with Crippen molar-refractivity contribution in [1.82, 2.24) is 4.31 Å². The molecule has 2 aromatic rings. The maximum absolute atomic E-state index is 12.7. The van der Waals surface area contributed by atoms with Crippen LogP contribution >= 0.6 is 0 Å². The van der Waals surface area contributed by atoms with Crippen molar-refractivity contribution in [3.05, 3.63) is 59.7 Å². The van der Waals surface area contributed by atoms with Gasteiger partial charge in [-0.15, -0.1) is 0 Å². The van der Waals surface area contributed by atoms with Gasteiger partial charge in [-0.05, 0) is 60.7 Å². The van der Waals surface area contributed by atoms with E-state index in [0.717, 1.165) is 19.3 Å². The fourth-order valence-electron chi connectivity index (χ4n) is 3.19. The number of sulfonamides is 1. The minimum atomic E-state index is -3.45. The van der Waals surface area contributed by atoms with Crippen LogP contribution < -0.4 is 5.32 Å². The van der Waals surface area contributed by atoms with E-state index in [0.29, 0.717) is 30.3 Å². The van der Waals surface area contributed by atoms with Crippen LogP contribution in [0.2, 0.25) is 0 Å². The van der Waals surface area contributed by atoms with Crippen LogP contribution in [-0.4, -0.2) is 31.7 Å². The van der Waals surface area contributed by atoms with E-state index >= 15 is 0 Å². The number of amides is 1. The van der Waals surface area contributed by atoms with E-state index in [-0.39, 0.29) is 10.8 Å². The average molecular weight is 387 g/mol. The van der Waals surface area contributed by atoms with Crippen molar-refractivity contribution in [1.29, 1.82) is 0 Å². The summed E-state index contributed by atoms with van der Waals surface area (Å²) in [5.41, 5.74) is 2.33. The third kappa shape index (κ3) is 4.57. The number of nitrogens with zero attached hydrogens (tertiary/aromatic N) is 1. The number of anilines is 1. The topological polar surface area (TPSA) is 66.5 Å². The van der Waals surface area contributed by atoms with E-state index in [4.69, 9.17) is 0 Å². The van der Waals surface area contributed by atoms with E-state index in [1.807, 2.05) is 12.1 Å². The molecule has 1 saturated heterocycles. The molecule has 6 heteroatoms. The van der Waals surface area contributed by atoms with Crippen LogP contribution in [0.1, 0.15) is 54.9 Å². The maximum atomic E-state index is 12.7. The number of hydrogen-bond acceptors (Lipinski definition) is 3. The Labute approximate surface area is 161 Å². The molecule has 27 heavy (non-hydrogen) atoms. The number of carbonyl (C=O) groups excluding carboxylic acids is 1. The Balaban J connectivity index is 1.69. The molecule has 0 radical (unpaired) electrons. The lowest BCUT2D eigenvalue weighted by atomic mass is 10.0. The third-order valence-electron chi connectivity index (χ3n) is 4.90. The number of carbonyl (C=O) groups is 1. The van der Waals surface area contributed by atoms with Crippen molar-refractivity contribution >= 4 is 21.6 Å². The summed E-state index contributed by atoms with van der Waals surface area (Å²) in [6, 6.07) is 13.9. The molecule has 1 heterocycles. The van der Waals surface area contributed by atoms with Crippen LogP contribution in [0.3, 0.4) is 0 Å². The molecule has 1 amide bonds. The molecule has 0 aliphatic carbocycles. The Morgan fingerprint density at radius 3 is 2.07 bits per heavy atom. The molecule has 1 N–H and O–H groups in total. The van der Waals surface area contributed by atoms with Crippen LogP contribution in [0.25, 0.3) is 0 Å². The molecule has 0 atom stereocenters. The van der Waals surface area contributed by atoms with Crippen LogP contribution in [0.5, 0.6) is 0 Å². The Kier molecular flexibility index (Phi) is 5.97. The summed E-state index contributed by atoms with van der Waals surface area (Å²) >= 11 is 0. The largest absolute Gasteiger partial charge is 0.322 e. The first kappa shape index (κ1) is 19.6. The molecule has 0 bridgehead atoms. The lowest BCUT2D eigenvalue weighted by Crippen LogP contribution is -2.35. The molecule has 5 nitrogen and oxygen atoms in total. The molecule has 2 aromatic carbocycles. The lowest BCUT2D eigenvalue weighted by Gasteiger charge is -2.25. The van der Waals surface area contributed by atoms with Gasteiger partial charge in [0.15, 0.2) is 0 Å². The highest BCUT2D eigenvalue weighted by atomic mass is 32.2. The zero-order valence-electron chi connectivity index (χ0n) is 15.8. The minimum Gasteiger partial charge on any atom is -0.322 e. The second-order valence-electron chi connectivity index (χ2n) is 7.22. The van der Waals surface area contributed by atoms with Crippen molar-refractivity contribution in [2.75, 3.05) is 18.4 Å². The van der Waals surface area contributed by atoms with Crippen LogP contribution in [-0.2, 0) is 10.0 Å². The molecule has 0 spiro atoms. The summed E-state index contributed by atoms with van der Waals surface area (Å²) in [4.78, 5) is 12.7. The summed E-state index contributed by atoms with van der Waals surface area (Å²) in [6.07, 6.45) is 2.89. The summed E-state index contributed by atoms with van der Waals surface area (Å²) in [7, 11) is -3.45. The Bertz CT molecular complexity index is 882. The summed E-state index contributed by atoms with van der Waals surface area (Å²) in [5.74, 6) is 0.202. The second-order valence-corrected chi connectivity index (χ2v) is 9.16. The first-order valence-electron chi connectivity index (χ1n) is 9.39. The number of piperidine rings is 1. The molecule has 3 rings (SSSR count). The average Bonchev–Trinajstić information content (AvgIpc) is 2.69. The number of benzene rings is 2. The van der Waals surface area contributed by atoms with Gasteiger partial charge >= 0.3 is 0 Å². The predicted molar refractivity (Wildman–Crippen MR) is 108 cm³/mol. The number of rotatable bonds is 5. The molecule has 144 valence electrons. The van der Waals surface area contributed by atoms with Gasteiger partial charge in [0, 0.05) is 24.3 Å². The molecular weight excluding hydrogens is 360 g/mol. The summed E-state index contributed by atoms with van der Waals surface area (Å²) in [5, 5.41) is 2.82. The highest BCUT2D eigenvalue weighted by molar-refractivity contribution is 7.89. The summed E-state index contributed by atoms with van der Waals surface area (Å²) < 4.78 is 26.9. The van der Waals surface area contributed by atoms with Crippen LogP contribution in [0, 0.1) is 0 Å².